The number of hydrogen-bond donors (Lipinski definition) is 1. The van der Waals surface area contributed by atoms with Crippen LogP contribution in [0.3, 0.4) is 0 Å². The largest absolute Gasteiger partial charge is 0.494 e. The van der Waals surface area contributed by atoms with Crippen LogP contribution < -0.4 is 10.1 Å². The molecule has 2 aromatic rings. The van der Waals surface area contributed by atoms with Crippen LogP contribution in [0.4, 0.5) is 5.00 Å². The van der Waals surface area contributed by atoms with Gasteiger partial charge in [0.05, 0.1) is 24.9 Å². The summed E-state index contributed by atoms with van der Waals surface area (Å²) in [6, 6.07) is 8.04. The number of thiophene rings is 1. The van der Waals surface area contributed by atoms with E-state index in [0.717, 1.165) is 23.5 Å². The van der Waals surface area contributed by atoms with Crippen molar-refractivity contribution in [1.29, 1.82) is 0 Å². The van der Waals surface area contributed by atoms with Crippen molar-refractivity contribution in [3.63, 3.8) is 0 Å². The summed E-state index contributed by atoms with van der Waals surface area (Å²) in [4.78, 5) is 37.8. The molecule has 0 radical (unpaired) electrons. The summed E-state index contributed by atoms with van der Waals surface area (Å²) >= 11 is 1.02. The van der Waals surface area contributed by atoms with Gasteiger partial charge < -0.3 is 19.5 Å². The number of ether oxygens (including phenoxy) is 3. The highest BCUT2D eigenvalue weighted by atomic mass is 32.1. The number of esters is 2. The van der Waals surface area contributed by atoms with Gasteiger partial charge in [-0.05, 0) is 69.2 Å². The Balaban J connectivity index is 1.99. The van der Waals surface area contributed by atoms with Crippen LogP contribution in [0.5, 0.6) is 5.75 Å². The molecule has 0 aliphatic carbocycles. The molecule has 192 valence electrons. The second kappa shape index (κ2) is 12.7. The van der Waals surface area contributed by atoms with Gasteiger partial charge in [-0.2, -0.15) is 0 Å². The van der Waals surface area contributed by atoms with E-state index in [-0.39, 0.29) is 45.9 Å². The van der Waals surface area contributed by atoms with Crippen LogP contribution in [0.15, 0.2) is 24.3 Å². The molecule has 35 heavy (non-hydrogen) atoms. The minimum absolute atomic E-state index is 0.116. The summed E-state index contributed by atoms with van der Waals surface area (Å²) in [6.45, 7) is 14.0. The van der Waals surface area contributed by atoms with E-state index in [9.17, 15) is 14.4 Å². The number of hydrogen-bond acceptors (Lipinski definition) is 7. The molecule has 8 heteroatoms. The molecule has 1 aromatic heterocycles. The molecule has 0 aliphatic heterocycles. The second-order valence-corrected chi connectivity index (χ2v) is 10.2. The fraction of sp³-hybridized carbons (Fsp3) is 0.519. The zero-order valence-electron chi connectivity index (χ0n) is 21.8. The molecule has 1 amide bonds. The maximum Gasteiger partial charge on any atom is 0.348 e. The number of carbonyl (C=O) groups is 3. The lowest BCUT2D eigenvalue weighted by atomic mass is 9.82. The second-order valence-electron chi connectivity index (χ2n) is 9.20. The molecule has 0 unspecified atom stereocenters. The summed E-state index contributed by atoms with van der Waals surface area (Å²) in [5.41, 5.74) is 2.00. The van der Waals surface area contributed by atoms with Crippen molar-refractivity contribution in [2.75, 3.05) is 18.5 Å². The number of rotatable bonds is 12. The SMILES string of the molecule is CCOC(=O)c1c(NC(=O)CCCOc2ccc(C(C)(C)CC)cc2)sc(C(=O)OC(C)C)c1C. The quantitative estimate of drug-likeness (QED) is 0.271. The Bertz CT molecular complexity index is 1020. The van der Waals surface area contributed by atoms with E-state index in [4.69, 9.17) is 14.2 Å². The zero-order valence-corrected chi connectivity index (χ0v) is 22.6. The predicted molar refractivity (Wildman–Crippen MR) is 139 cm³/mol. The van der Waals surface area contributed by atoms with E-state index in [0.29, 0.717) is 18.6 Å². The molecular formula is C27H37NO6S. The van der Waals surface area contributed by atoms with Gasteiger partial charge in [-0.15, -0.1) is 11.3 Å². The number of carbonyl (C=O) groups excluding carboxylic acids is 3. The first kappa shape index (κ1) is 28.4. The number of anilines is 1. The lowest BCUT2D eigenvalue weighted by molar-refractivity contribution is -0.116. The lowest BCUT2D eigenvalue weighted by Crippen LogP contribution is -2.16. The van der Waals surface area contributed by atoms with Crippen LogP contribution in [-0.4, -0.2) is 37.2 Å². The minimum atomic E-state index is -0.585. The third-order valence-corrected chi connectivity index (χ3v) is 6.93. The first-order valence-electron chi connectivity index (χ1n) is 12.0. The maximum absolute atomic E-state index is 12.6. The van der Waals surface area contributed by atoms with Crippen molar-refractivity contribution in [3.8, 4) is 5.75 Å². The Morgan fingerprint density at radius 1 is 1.06 bits per heavy atom. The van der Waals surface area contributed by atoms with Crippen LogP contribution in [0, 0.1) is 6.92 Å². The number of amides is 1. The van der Waals surface area contributed by atoms with Gasteiger partial charge in [0, 0.05) is 6.42 Å². The molecule has 0 aliphatic rings. The molecular weight excluding hydrogens is 466 g/mol. The molecule has 2 rings (SSSR count). The highest BCUT2D eigenvalue weighted by Gasteiger charge is 2.27. The molecule has 0 bridgehead atoms. The van der Waals surface area contributed by atoms with E-state index in [1.54, 1.807) is 27.7 Å². The standard InChI is InChI=1S/C27H37NO6S/c1-8-27(6,7)19-12-14-20(15-13-19)33-16-10-11-21(29)28-24-22(25(30)32-9-2)18(5)23(35-24)26(31)34-17(3)4/h12-15,17H,8-11,16H2,1-7H3,(H,28,29). The molecule has 0 saturated carbocycles. The number of nitrogens with one attached hydrogen (secondary N) is 1. The van der Waals surface area contributed by atoms with Gasteiger partial charge >= 0.3 is 11.9 Å². The summed E-state index contributed by atoms with van der Waals surface area (Å²) < 4.78 is 16.2. The van der Waals surface area contributed by atoms with Gasteiger partial charge in [0.1, 0.15) is 15.6 Å². The first-order valence-corrected chi connectivity index (χ1v) is 12.9. The topological polar surface area (TPSA) is 90.9 Å². The smallest absolute Gasteiger partial charge is 0.348 e. The van der Waals surface area contributed by atoms with Gasteiger partial charge in [-0.1, -0.05) is 32.9 Å². The van der Waals surface area contributed by atoms with E-state index >= 15 is 0 Å². The van der Waals surface area contributed by atoms with Gasteiger partial charge in [0.2, 0.25) is 5.91 Å². The van der Waals surface area contributed by atoms with Crippen molar-refractivity contribution in [1.82, 2.24) is 0 Å². The molecule has 7 nitrogen and oxygen atoms in total. The molecule has 1 N–H and O–H groups in total. The summed E-state index contributed by atoms with van der Waals surface area (Å²) in [7, 11) is 0. The van der Waals surface area contributed by atoms with E-state index in [1.807, 2.05) is 12.1 Å². The van der Waals surface area contributed by atoms with Crippen LogP contribution >= 0.6 is 11.3 Å². The maximum atomic E-state index is 12.6. The normalized spacial score (nSPS) is 11.3. The zero-order chi connectivity index (χ0) is 26.2. The highest BCUT2D eigenvalue weighted by Crippen LogP contribution is 2.35. The Labute approximate surface area is 212 Å². The molecule has 0 fully saturated rings. The van der Waals surface area contributed by atoms with Crippen LogP contribution in [0.1, 0.15) is 92.0 Å². The summed E-state index contributed by atoms with van der Waals surface area (Å²) in [6.07, 6.45) is 1.44. The van der Waals surface area contributed by atoms with Crippen molar-refractivity contribution < 1.29 is 28.6 Å². The average molecular weight is 504 g/mol. The predicted octanol–water partition coefficient (Wildman–Crippen LogP) is 6.28. The first-order chi connectivity index (χ1) is 16.5. The Hall–Kier alpha value is -2.87. The Morgan fingerprint density at radius 2 is 1.71 bits per heavy atom. The van der Waals surface area contributed by atoms with Gasteiger partial charge in [-0.25, -0.2) is 9.59 Å². The third-order valence-electron chi connectivity index (χ3n) is 5.74. The lowest BCUT2D eigenvalue weighted by Gasteiger charge is -2.23. The van der Waals surface area contributed by atoms with Crippen molar-refractivity contribution >= 4 is 34.2 Å². The molecule has 0 spiro atoms. The molecule has 1 aromatic carbocycles. The molecule has 0 saturated heterocycles. The van der Waals surface area contributed by atoms with E-state index < -0.39 is 11.9 Å². The Kier molecular flexibility index (Phi) is 10.3. The fourth-order valence-electron chi connectivity index (χ4n) is 3.33. The van der Waals surface area contributed by atoms with Crippen LogP contribution in [-0.2, 0) is 19.7 Å². The van der Waals surface area contributed by atoms with Crippen molar-refractivity contribution in [2.24, 2.45) is 0 Å². The Morgan fingerprint density at radius 3 is 2.29 bits per heavy atom. The summed E-state index contributed by atoms with van der Waals surface area (Å²) in [5.74, 6) is -0.634. The minimum Gasteiger partial charge on any atom is -0.494 e. The van der Waals surface area contributed by atoms with Crippen molar-refractivity contribution in [3.05, 3.63) is 45.8 Å². The van der Waals surface area contributed by atoms with E-state index in [2.05, 4.69) is 38.2 Å². The van der Waals surface area contributed by atoms with Crippen LogP contribution in [0.2, 0.25) is 0 Å². The van der Waals surface area contributed by atoms with E-state index in [1.165, 1.54) is 5.56 Å². The molecule has 0 atom stereocenters. The van der Waals surface area contributed by atoms with Crippen molar-refractivity contribution in [2.45, 2.75) is 79.2 Å². The molecule has 1 heterocycles. The van der Waals surface area contributed by atoms with Gasteiger partial charge in [-0.3, -0.25) is 4.79 Å². The summed E-state index contributed by atoms with van der Waals surface area (Å²) in [5, 5.41) is 3.05. The van der Waals surface area contributed by atoms with Crippen LogP contribution in [0.25, 0.3) is 0 Å². The highest BCUT2D eigenvalue weighted by molar-refractivity contribution is 7.18. The van der Waals surface area contributed by atoms with Gasteiger partial charge in [0.15, 0.2) is 0 Å². The third kappa shape index (κ3) is 7.82. The fourth-order valence-corrected chi connectivity index (χ4v) is 4.43. The average Bonchev–Trinajstić information content (AvgIpc) is 3.12. The monoisotopic (exact) mass is 503 g/mol. The van der Waals surface area contributed by atoms with Gasteiger partial charge in [0.25, 0.3) is 0 Å². The number of benzene rings is 1.